The highest BCUT2D eigenvalue weighted by molar-refractivity contribution is 6.05. The van der Waals surface area contributed by atoms with E-state index in [4.69, 9.17) is 9.47 Å². The van der Waals surface area contributed by atoms with Crippen LogP contribution in [0, 0.1) is 5.92 Å². The summed E-state index contributed by atoms with van der Waals surface area (Å²) < 4.78 is 10.6. The van der Waals surface area contributed by atoms with Crippen LogP contribution in [0.3, 0.4) is 0 Å². The minimum Gasteiger partial charge on any atom is -0.497 e. The van der Waals surface area contributed by atoms with E-state index in [1.165, 1.54) is 0 Å². The zero-order chi connectivity index (χ0) is 24.8. The average Bonchev–Trinajstić information content (AvgIpc) is 3.27. The van der Waals surface area contributed by atoms with E-state index in [0.717, 1.165) is 11.4 Å². The number of methoxy groups -OCH3 is 1. The summed E-state index contributed by atoms with van der Waals surface area (Å²) in [6, 6.07) is 20.9. The van der Waals surface area contributed by atoms with Crippen molar-refractivity contribution in [3.05, 3.63) is 78.4 Å². The van der Waals surface area contributed by atoms with Gasteiger partial charge in [0.25, 0.3) is 5.91 Å². The summed E-state index contributed by atoms with van der Waals surface area (Å²) in [6.45, 7) is 2.78. The third-order valence-corrected chi connectivity index (χ3v) is 5.72. The van der Waals surface area contributed by atoms with E-state index in [9.17, 15) is 14.4 Å². The van der Waals surface area contributed by atoms with E-state index in [-0.39, 0.29) is 24.1 Å². The van der Waals surface area contributed by atoms with Gasteiger partial charge in [0.2, 0.25) is 11.8 Å². The Kier molecular flexibility index (Phi) is 7.30. The van der Waals surface area contributed by atoms with E-state index in [0.29, 0.717) is 35.8 Å². The van der Waals surface area contributed by atoms with Gasteiger partial charge in [-0.05, 0) is 79.7 Å². The lowest BCUT2D eigenvalue weighted by Crippen LogP contribution is -2.28. The van der Waals surface area contributed by atoms with Crippen LogP contribution in [-0.2, 0) is 9.59 Å². The molecule has 3 aromatic rings. The molecule has 2 N–H and O–H groups in total. The predicted molar refractivity (Wildman–Crippen MR) is 134 cm³/mol. The molecule has 8 heteroatoms. The smallest absolute Gasteiger partial charge is 0.255 e. The van der Waals surface area contributed by atoms with Gasteiger partial charge >= 0.3 is 0 Å². The van der Waals surface area contributed by atoms with Crippen LogP contribution < -0.4 is 25.0 Å². The molecule has 1 atom stereocenters. The van der Waals surface area contributed by atoms with Crippen LogP contribution in [0.4, 0.5) is 17.1 Å². The highest BCUT2D eigenvalue weighted by Crippen LogP contribution is 2.28. The van der Waals surface area contributed by atoms with Gasteiger partial charge in [0, 0.05) is 35.6 Å². The average molecular weight is 474 g/mol. The molecule has 1 saturated heterocycles. The predicted octanol–water partition coefficient (Wildman–Crippen LogP) is 4.34. The molecule has 0 radical (unpaired) electrons. The standard InChI is InChI=1S/C27H27N3O5/c1-3-35-24-14-10-22(11-15-24)30-17-19(16-25(30)31)27(33)29-20-6-4-18(5-7-20)26(32)28-21-8-12-23(34-2)13-9-21/h4-15,19H,3,16-17H2,1-2H3,(H,28,32)(H,29,33)/t19-/m0/s1. The third kappa shape index (κ3) is 5.78. The number of carbonyl (C=O) groups is 3. The lowest BCUT2D eigenvalue weighted by molar-refractivity contribution is -0.122. The summed E-state index contributed by atoms with van der Waals surface area (Å²) in [6.07, 6.45) is 0.140. The van der Waals surface area contributed by atoms with Gasteiger partial charge in [0.1, 0.15) is 11.5 Å². The number of nitrogens with one attached hydrogen (secondary N) is 2. The first-order valence-corrected chi connectivity index (χ1v) is 11.4. The molecule has 1 aliphatic rings. The van der Waals surface area contributed by atoms with E-state index in [1.807, 2.05) is 31.2 Å². The highest BCUT2D eigenvalue weighted by Gasteiger charge is 2.35. The molecule has 0 aromatic heterocycles. The van der Waals surface area contributed by atoms with Crippen LogP contribution in [0.5, 0.6) is 11.5 Å². The molecule has 1 heterocycles. The van der Waals surface area contributed by atoms with Crippen molar-refractivity contribution in [1.29, 1.82) is 0 Å². The fourth-order valence-corrected chi connectivity index (χ4v) is 3.85. The minimum absolute atomic E-state index is 0.0974. The molecule has 8 nitrogen and oxygen atoms in total. The molecule has 0 aliphatic carbocycles. The Hall–Kier alpha value is -4.33. The summed E-state index contributed by atoms with van der Waals surface area (Å²) in [4.78, 5) is 39.4. The van der Waals surface area contributed by atoms with Crippen molar-refractivity contribution in [2.24, 2.45) is 5.92 Å². The largest absolute Gasteiger partial charge is 0.497 e. The van der Waals surface area contributed by atoms with Crippen molar-refractivity contribution >= 4 is 34.8 Å². The fourth-order valence-electron chi connectivity index (χ4n) is 3.85. The number of anilines is 3. The Morgan fingerprint density at radius 1 is 0.886 bits per heavy atom. The van der Waals surface area contributed by atoms with E-state index < -0.39 is 5.92 Å². The first kappa shape index (κ1) is 23.8. The van der Waals surface area contributed by atoms with E-state index in [2.05, 4.69) is 10.6 Å². The number of hydrogen-bond acceptors (Lipinski definition) is 5. The highest BCUT2D eigenvalue weighted by atomic mass is 16.5. The number of carbonyl (C=O) groups excluding carboxylic acids is 3. The maximum Gasteiger partial charge on any atom is 0.255 e. The lowest BCUT2D eigenvalue weighted by atomic mass is 10.1. The molecule has 3 amide bonds. The summed E-state index contributed by atoms with van der Waals surface area (Å²) in [5.41, 5.74) is 2.40. The number of hydrogen-bond donors (Lipinski definition) is 2. The van der Waals surface area contributed by atoms with Gasteiger partial charge in [-0.2, -0.15) is 0 Å². The van der Waals surface area contributed by atoms with Gasteiger partial charge in [0.15, 0.2) is 0 Å². The Morgan fingerprint density at radius 3 is 2.11 bits per heavy atom. The van der Waals surface area contributed by atoms with Crippen LogP contribution in [0.15, 0.2) is 72.8 Å². The lowest BCUT2D eigenvalue weighted by Gasteiger charge is -2.17. The van der Waals surface area contributed by atoms with Gasteiger partial charge in [-0.15, -0.1) is 0 Å². The Morgan fingerprint density at radius 2 is 1.49 bits per heavy atom. The summed E-state index contributed by atoms with van der Waals surface area (Å²) in [7, 11) is 1.58. The topological polar surface area (TPSA) is 97.0 Å². The maximum absolute atomic E-state index is 12.8. The molecule has 1 aliphatic heterocycles. The molecule has 0 spiro atoms. The molecule has 0 unspecified atom stereocenters. The summed E-state index contributed by atoms with van der Waals surface area (Å²) in [5.74, 6) is 0.377. The number of benzene rings is 3. The number of ether oxygens (including phenoxy) is 2. The van der Waals surface area contributed by atoms with Gasteiger partial charge in [-0.3, -0.25) is 14.4 Å². The number of rotatable bonds is 8. The van der Waals surface area contributed by atoms with Crippen molar-refractivity contribution in [2.45, 2.75) is 13.3 Å². The summed E-state index contributed by atoms with van der Waals surface area (Å²) in [5, 5.41) is 5.66. The molecular formula is C27H27N3O5. The van der Waals surface area contributed by atoms with E-state index in [1.54, 1.807) is 60.5 Å². The molecule has 3 aromatic carbocycles. The van der Waals surface area contributed by atoms with Gasteiger partial charge in [-0.25, -0.2) is 0 Å². The fraction of sp³-hybridized carbons (Fsp3) is 0.222. The SMILES string of the molecule is CCOc1ccc(N2C[C@@H](C(=O)Nc3ccc(C(=O)Nc4ccc(OC)cc4)cc3)CC2=O)cc1. The second-order valence-corrected chi connectivity index (χ2v) is 8.08. The van der Waals surface area contributed by atoms with Gasteiger partial charge in [-0.1, -0.05) is 0 Å². The summed E-state index contributed by atoms with van der Waals surface area (Å²) >= 11 is 0. The molecule has 4 rings (SSSR count). The Balaban J connectivity index is 1.33. The zero-order valence-electron chi connectivity index (χ0n) is 19.6. The number of nitrogens with zero attached hydrogens (tertiary/aromatic N) is 1. The second kappa shape index (κ2) is 10.7. The van der Waals surface area contributed by atoms with Crippen molar-refractivity contribution in [3.63, 3.8) is 0 Å². The van der Waals surface area contributed by atoms with Gasteiger partial charge in [0.05, 0.1) is 19.6 Å². The minimum atomic E-state index is -0.466. The van der Waals surface area contributed by atoms with Crippen molar-refractivity contribution < 1.29 is 23.9 Å². The number of amides is 3. The Bertz CT molecular complexity index is 1190. The Labute approximate surface area is 203 Å². The third-order valence-electron chi connectivity index (χ3n) is 5.72. The van der Waals surface area contributed by atoms with Crippen molar-refractivity contribution in [2.75, 3.05) is 35.8 Å². The van der Waals surface area contributed by atoms with Crippen LogP contribution in [0.25, 0.3) is 0 Å². The maximum atomic E-state index is 12.8. The zero-order valence-corrected chi connectivity index (χ0v) is 19.6. The van der Waals surface area contributed by atoms with Crippen molar-refractivity contribution in [3.8, 4) is 11.5 Å². The van der Waals surface area contributed by atoms with Gasteiger partial charge < -0.3 is 25.0 Å². The molecule has 0 bridgehead atoms. The first-order chi connectivity index (χ1) is 17.0. The first-order valence-electron chi connectivity index (χ1n) is 11.4. The molecule has 0 saturated carbocycles. The quantitative estimate of drug-likeness (QED) is 0.507. The van der Waals surface area contributed by atoms with Crippen LogP contribution >= 0.6 is 0 Å². The van der Waals surface area contributed by atoms with Crippen molar-refractivity contribution in [1.82, 2.24) is 0 Å². The van der Waals surface area contributed by atoms with Crippen LogP contribution in [-0.4, -0.2) is 38.0 Å². The van der Waals surface area contributed by atoms with Crippen LogP contribution in [0.2, 0.25) is 0 Å². The molecule has 1 fully saturated rings. The molecular weight excluding hydrogens is 446 g/mol. The monoisotopic (exact) mass is 473 g/mol. The normalized spacial score (nSPS) is 15.0. The second-order valence-electron chi connectivity index (χ2n) is 8.08. The molecule has 180 valence electrons. The van der Waals surface area contributed by atoms with Crippen LogP contribution in [0.1, 0.15) is 23.7 Å². The van der Waals surface area contributed by atoms with E-state index >= 15 is 0 Å². The molecule has 35 heavy (non-hydrogen) atoms.